The predicted octanol–water partition coefficient (Wildman–Crippen LogP) is 3.46. The lowest BCUT2D eigenvalue weighted by Crippen LogP contribution is -2.29. The summed E-state index contributed by atoms with van der Waals surface area (Å²) < 4.78 is 39.7. The summed E-state index contributed by atoms with van der Waals surface area (Å²) in [5, 5.41) is -0.287. The minimum absolute atomic E-state index is 0.0557. The van der Waals surface area contributed by atoms with Crippen LogP contribution in [0.2, 0.25) is 15.1 Å². The topological polar surface area (TPSA) is 78.9 Å². The predicted molar refractivity (Wildman–Crippen MR) is 89.1 cm³/mol. The van der Waals surface area contributed by atoms with E-state index < -0.39 is 22.2 Å². The zero-order valence-electron chi connectivity index (χ0n) is 12.6. The van der Waals surface area contributed by atoms with Crippen LogP contribution < -0.4 is 0 Å². The normalized spacial score (nSPS) is 19.2. The minimum Gasteiger partial charge on any atom is -0.461 e. The van der Waals surface area contributed by atoms with Gasteiger partial charge in [-0.25, -0.2) is 4.79 Å². The highest BCUT2D eigenvalue weighted by atomic mass is 35.5. The number of halogens is 3. The summed E-state index contributed by atoms with van der Waals surface area (Å²) in [6.07, 6.45) is 0.183. The second-order valence-corrected chi connectivity index (χ2v) is 7.83. The van der Waals surface area contributed by atoms with Crippen molar-refractivity contribution < 1.29 is 26.9 Å². The van der Waals surface area contributed by atoms with Crippen LogP contribution >= 0.6 is 34.8 Å². The van der Waals surface area contributed by atoms with Crippen LogP contribution in [0, 0.1) is 0 Å². The second-order valence-electron chi connectivity index (χ2n) is 5.13. The van der Waals surface area contributed by atoms with Gasteiger partial charge in [-0.2, -0.15) is 8.42 Å². The second kappa shape index (κ2) is 8.21. The van der Waals surface area contributed by atoms with Crippen LogP contribution in [0.25, 0.3) is 0 Å². The van der Waals surface area contributed by atoms with Crippen LogP contribution in [0.1, 0.15) is 19.8 Å². The molecule has 0 aromatic heterocycles. The van der Waals surface area contributed by atoms with Crippen molar-refractivity contribution in [1.29, 1.82) is 0 Å². The van der Waals surface area contributed by atoms with Gasteiger partial charge in [0.1, 0.15) is 11.5 Å². The van der Waals surface area contributed by atoms with E-state index >= 15 is 0 Å². The van der Waals surface area contributed by atoms with E-state index in [0.29, 0.717) is 6.61 Å². The molecule has 2 atom stereocenters. The molecule has 1 aromatic carbocycles. The number of ether oxygens (including phenoxy) is 2. The first kappa shape index (κ1) is 19.8. The zero-order chi connectivity index (χ0) is 17.9. The maximum Gasteiger partial charge on any atom is 0.336 e. The number of hydrogen-bond donors (Lipinski definition) is 0. The molecule has 134 valence electrons. The van der Waals surface area contributed by atoms with Crippen molar-refractivity contribution in [2.24, 2.45) is 0 Å². The zero-order valence-corrected chi connectivity index (χ0v) is 15.7. The molecule has 0 amide bonds. The number of hydrogen-bond acceptors (Lipinski definition) is 6. The molecule has 0 spiro atoms. The molecule has 1 fully saturated rings. The quantitative estimate of drug-likeness (QED) is 0.401. The Morgan fingerprint density at radius 2 is 2.04 bits per heavy atom. The monoisotopic (exact) mass is 416 g/mol. The third-order valence-electron chi connectivity index (χ3n) is 3.31. The molecule has 24 heavy (non-hydrogen) atoms. The molecule has 10 heteroatoms. The van der Waals surface area contributed by atoms with Crippen molar-refractivity contribution in [2.75, 3.05) is 13.2 Å². The Kier molecular flexibility index (Phi) is 6.75. The molecule has 1 unspecified atom stereocenters. The summed E-state index contributed by atoms with van der Waals surface area (Å²) in [6.45, 7) is 1.94. The Morgan fingerprint density at radius 3 is 2.67 bits per heavy atom. The summed E-state index contributed by atoms with van der Waals surface area (Å²) in [7, 11) is -4.32. The average Bonchev–Trinajstić information content (AvgIpc) is 3.02. The number of carbonyl (C=O) groups is 1. The molecule has 0 radical (unpaired) electrons. The van der Waals surface area contributed by atoms with Gasteiger partial charge >= 0.3 is 5.97 Å². The molecular weight excluding hydrogens is 403 g/mol. The summed E-state index contributed by atoms with van der Waals surface area (Å²) in [4.78, 5) is 11.5. The van der Waals surface area contributed by atoms with Gasteiger partial charge in [0.15, 0.2) is 6.10 Å². The number of esters is 1. The van der Waals surface area contributed by atoms with Gasteiger partial charge in [-0.3, -0.25) is 4.18 Å². The summed E-state index contributed by atoms with van der Waals surface area (Å²) in [6, 6.07) is 2.42. The highest BCUT2D eigenvalue weighted by Crippen LogP contribution is 2.35. The van der Waals surface area contributed by atoms with Gasteiger partial charge in [-0.1, -0.05) is 34.8 Å². The summed E-state index contributed by atoms with van der Waals surface area (Å²) >= 11 is 17.5. The van der Waals surface area contributed by atoms with Crippen LogP contribution in [0.15, 0.2) is 17.0 Å². The van der Waals surface area contributed by atoms with Crippen molar-refractivity contribution in [1.82, 2.24) is 0 Å². The molecule has 2 rings (SSSR count). The van der Waals surface area contributed by atoms with E-state index in [4.69, 9.17) is 48.5 Å². The Labute approximate surface area is 155 Å². The minimum atomic E-state index is -4.32. The summed E-state index contributed by atoms with van der Waals surface area (Å²) in [5.74, 6) is -0.815. The maximum absolute atomic E-state index is 12.3. The first-order chi connectivity index (χ1) is 11.2. The van der Waals surface area contributed by atoms with Gasteiger partial charge in [-0.15, -0.1) is 0 Å². The molecule has 1 heterocycles. The largest absolute Gasteiger partial charge is 0.461 e. The van der Waals surface area contributed by atoms with Crippen LogP contribution in [0.5, 0.6) is 0 Å². The highest BCUT2D eigenvalue weighted by Gasteiger charge is 2.29. The fourth-order valence-corrected chi connectivity index (χ4v) is 4.04. The van der Waals surface area contributed by atoms with Crippen LogP contribution in [-0.4, -0.2) is 39.8 Å². The number of carbonyl (C=O) groups excluding carboxylic acids is 1. The Bertz CT molecular complexity index is 715. The van der Waals surface area contributed by atoms with Crippen molar-refractivity contribution in [3.63, 3.8) is 0 Å². The van der Waals surface area contributed by atoms with E-state index in [1.165, 1.54) is 13.0 Å². The Morgan fingerprint density at radius 1 is 1.33 bits per heavy atom. The first-order valence-electron chi connectivity index (χ1n) is 7.07. The number of benzene rings is 1. The molecule has 0 N–H and O–H groups in total. The van der Waals surface area contributed by atoms with E-state index in [1.54, 1.807) is 0 Å². The fourth-order valence-electron chi connectivity index (χ4n) is 2.05. The molecule has 1 aliphatic rings. The third-order valence-corrected chi connectivity index (χ3v) is 6.13. The third kappa shape index (κ3) is 4.74. The van der Waals surface area contributed by atoms with Crippen molar-refractivity contribution in [3.8, 4) is 0 Å². The first-order valence-corrected chi connectivity index (χ1v) is 9.61. The van der Waals surface area contributed by atoms with E-state index in [-0.39, 0.29) is 32.7 Å². The number of rotatable bonds is 6. The molecule has 6 nitrogen and oxygen atoms in total. The van der Waals surface area contributed by atoms with Gasteiger partial charge in [0.05, 0.1) is 21.2 Å². The standard InChI is InChI=1S/C14H15Cl3O6S/c1-8(14(18)22-7-9-3-2-6-21-9)23-24(19,20)11-5-4-10(15)12(16)13(11)17/h4-5,8-9H,2-3,6-7H2,1H3/t8-,9?/m0/s1. The van der Waals surface area contributed by atoms with Gasteiger partial charge in [-0.05, 0) is 31.9 Å². The van der Waals surface area contributed by atoms with Gasteiger partial charge in [0.25, 0.3) is 10.1 Å². The molecule has 0 saturated carbocycles. The van der Waals surface area contributed by atoms with Crippen LogP contribution in [-0.2, 0) is 28.6 Å². The molecule has 1 saturated heterocycles. The molecule has 1 aliphatic heterocycles. The highest BCUT2D eigenvalue weighted by molar-refractivity contribution is 7.87. The molecular formula is C14H15Cl3O6S. The van der Waals surface area contributed by atoms with Crippen LogP contribution in [0.4, 0.5) is 0 Å². The van der Waals surface area contributed by atoms with E-state index in [0.717, 1.165) is 18.9 Å². The van der Waals surface area contributed by atoms with Gasteiger partial charge in [0.2, 0.25) is 0 Å². The van der Waals surface area contributed by atoms with Gasteiger partial charge in [0, 0.05) is 6.61 Å². The summed E-state index contributed by atoms with van der Waals surface area (Å²) in [5.41, 5.74) is 0. The molecule has 0 bridgehead atoms. The van der Waals surface area contributed by atoms with E-state index in [9.17, 15) is 13.2 Å². The SMILES string of the molecule is C[C@H](OS(=O)(=O)c1ccc(Cl)c(Cl)c1Cl)C(=O)OCC1CCCO1. The smallest absolute Gasteiger partial charge is 0.336 e. The van der Waals surface area contributed by atoms with Crippen LogP contribution in [0.3, 0.4) is 0 Å². The Balaban J connectivity index is 2.02. The van der Waals surface area contributed by atoms with Gasteiger partial charge < -0.3 is 9.47 Å². The van der Waals surface area contributed by atoms with E-state index in [1.807, 2.05) is 0 Å². The molecule has 1 aromatic rings. The lowest BCUT2D eigenvalue weighted by Gasteiger charge is -2.15. The lowest BCUT2D eigenvalue weighted by molar-refractivity contribution is -0.154. The maximum atomic E-state index is 12.3. The Hall–Kier alpha value is -0.570. The molecule has 0 aliphatic carbocycles. The average molecular weight is 418 g/mol. The van der Waals surface area contributed by atoms with Crippen molar-refractivity contribution >= 4 is 50.9 Å². The lowest BCUT2D eigenvalue weighted by atomic mass is 10.2. The van der Waals surface area contributed by atoms with Crippen molar-refractivity contribution in [3.05, 3.63) is 27.2 Å². The fraction of sp³-hybridized carbons (Fsp3) is 0.500. The van der Waals surface area contributed by atoms with Crippen molar-refractivity contribution in [2.45, 2.75) is 36.9 Å². The van der Waals surface area contributed by atoms with E-state index in [2.05, 4.69) is 0 Å².